The normalized spacial score (nSPS) is 9.94. The smallest absolute Gasteiger partial charge is 0.257 e. The molecular formula is C11H15FN2O2. The van der Waals surface area contributed by atoms with Crippen molar-refractivity contribution in [2.75, 3.05) is 19.7 Å². The molecule has 4 nitrogen and oxygen atoms in total. The zero-order valence-corrected chi connectivity index (χ0v) is 9.13. The monoisotopic (exact) mass is 226 g/mol. The number of carbonyl (C=O) groups is 1. The van der Waals surface area contributed by atoms with E-state index < -0.39 is 0 Å². The third-order valence-corrected chi connectivity index (χ3v) is 1.97. The molecule has 0 aliphatic heterocycles. The molecule has 0 unspecified atom stereocenters. The van der Waals surface area contributed by atoms with E-state index in [1.54, 1.807) is 13.0 Å². The number of hydrogen-bond donors (Lipinski definition) is 2. The highest BCUT2D eigenvalue weighted by molar-refractivity contribution is 5.77. The van der Waals surface area contributed by atoms with Gasteiger partial charge in [0.2, 0.25) is 0 Å². The Bertz CT molecular complexity index is 369. The summed E-state index contributed by atoms with van der Waals surface area (Å²) in [5, 5.41) is 2.57. The summed E-state index contributed by atoms with van der Waals surface area (Å²) >= 11 is 0. The molecule has 1 aromatic carbocycles. The van der Waals surface area contributed by atoms with Crippen LogP contribution in [-0.2, 0) is 4.79 Å². The van der Waals surface area contributed by atoms with Crippen molar-refractivity contribution in [1.29, 1.82) is 0 Å². The van der Waals surface area contributed by atoms with Gasteiger partial charge in [0, 0.05) is 13.1 Å². The molecule has 0 aliphatic rings. The van der Waals surface area contributed by atoms with Crippen LogP contribution in [0, 0.1) is 12.7 Å². The van der Waals surface area contributed by atoms with Crippen molar-refractivity contribution in [3.05, 3.63) is 29.6 Å². The number of nitrogens with one attached hydrogen (secondary N) is 1. The van der Waals surface area contributed by atoms with E-state index in [2.05, 4.69) is 5.32 Å². The number of carbonyl (C=O) groups excluding carboxylic acids is 1. The van der Waals surface area contributed by atoms with Crippen molar-refractivity contribution < 1.29 is 13.9 Å². The Morgan fingerprint density at radius 1 is 1.56 bits per heavy atom. The van der Waals surface area contributed by atoms with Gasteiger partial charge >= 0.3 is 0 Å². The molecular weight excluding hydrogens is 211 g/mol. The van der Waals surface area contributed by atoms with Gasteiger partial charge in [-0.25, -0.2) is 4.39 Å². The lowest BCUT2D eigenvalue weighted by Crippen LogP contribution is -2.32. The molecule has 5 heteroatoms. The first-order valence-corrected chi connectivity index (χ1v) is 4.99. The van der Waals surface area contributed by atoms with Crippen molar-refractivity contribution >= 4 is 5.91 Å². The van der Waals surface area contributed by atoms with Crippen molar-refractivity contribution in [1.82, 2.24) is 5.32 Å². The van der Waals surface area contributed by atoms with Gasteiger partial charge in [0.1, 0.15) is 11.6 Å². The highest BCUT2D eigenvalue weighted by Crippen LogP contribution is 2.15. The van der Waals surface area contributed by atoms with Gasteiger partial charge in [0.15, 0.2) is 6.61 Å². The molecule has 0 heterocycles. The van der Waals surface area contributed by atoms with Gasteiger partial charge in [-0.05, 0) is 30.7 Å². The summed E-state index contributed by atoms with van der Waals surface area (Å²) in [5.74, 6) is -0.0610. The molecule has 0 spiro atoms. The number of benzene rings is 1. The summed E-state index contributed by atoms with van der Waals surface area (Å²) in [6.45, 7) is 2.35. The minimum Gasteiger partial charge on any atom is -0.484 e. The van der Waals surface area contributed by atoms with Crippen molar-refractivity contribution in [3.63, 3.8) is 0 Å². The molecule has 0 bridgehead atoms. The first-order chi connectivity index (χ1) is 7.63. The molecule has 1 aromatic rings. The van der Waals surface area contributed by atoms with Crippen molar-refractivity contribution in [2.24, 2.45) is 5.73 Å². The molecule has 1 amide bonds. The highest BCUT2D eigenvalue weighted by atomic mass is 19.1. The summed E-state index contributed by atoms with van der Waals surface area (Å²) in [5.41, 5.74) is 5.71. The van der Waals surface area contributed by atoms with Gasteiger partial charge in [-0.1, -0.05) is 0 Å². The van der Waals surface area contributed by atoms with E-state index in [1.807, 2.05) is 0 Å². The minimum atomic E-state index is -0.292. The number of nitrogens with two attached hydrogens (primary N) is 1. The molecule has 0 saturated heterocycles. The topological polar surface area (TPSA) is 64.3 Å². The largest absolute Gasteiger partial charge is 0.484 e. The predicted molar refractivity (Wildman–Crippen MR) is 58.7 cm³/mol. The fourth-order valence-corrected chi connectivity index (χ4v) is 1.12. The maximum atomic E-state index is 12.9. The third kappa shape index (κ3) is 3.86. The third-order valence-electron chi connectivity index (χ3n) is 1.97. The summed E-state index contributed by atoms with van der Waals surface area (Å²) in [4.78, 5) is 11.2. The molecule has 0 saturated carbocycles. The van der Waals surface area contributed by atoms with Crippen LogP contribution in [0.15, 0.2) is 18.2 Å². The zero-order valence-electron chi connectivity index (χ0n) is 9.13. The predicted octanol–water partition coefficient (Wildman–Crippen LogP) is 0.588. The van der Waals surface area contributed by atoms with Crippen LogP contribution >= 0.6 is 0 Å². The Balaban J connectivity index is 2.42. The maximum absolute atomic E-state index is 12.9. The van der Waals surface area contributed by atoms with E-state index in [1.165, 1.54) is 12.1 Å². The van der Waals surface area contributed by atoms with Gasteiger partial charge in [-0.15, -0.1) is 0 Å². The molecule has 88 valence electrons. The van der Waals surface area contributed by atoms with Gasteiger partial charge in [0.05, 0.1) is 0 Å². The lowest BCUT2D eigenvalue weighted by molar-refractivity contribution is -0.123. The second-order valence-electron chi connectivity index (χ2n) is 3.34. The van der Waals surface area contributed by atoms with E-state index in [0.29, 0.717) is 24.4 Å². The Morgan fingerprint density at radius 3 is 2.94 bits per heavy atom. The standard InChI is InChI=1S/C11H15FN2O2/c1-8-6-9(2-3-10(8)12)16-7-11(15)14-5-4-13/h2-3,6H,4-5,7,13H2,1H3,(H,14,15). The van der Waals surface area contributed by atoms with Crippen LogP contribution in [0.25, 0.3) is 0 Å². The number of aryl methyl sites for hydroxylation is 1. The highest BCUT2D eigenvalue weighted by Gasteiger charge is 2.03. The van der Waals surface area contributed by atoms with Gasteiger partial charge in [0.25, 0.3) is 5.91 Å². The molecule has 1 rings (SSSR count). The van der Waals surface area contributed by atoms with Gasteiger partial charge < -0.3 is 15.8 Å². The number of rotatable bonds is 5. The Kier molecular flexibility index (Phi) is 4.72. The lowest BCUT2D eigenvalue weighted by atomic mass is 10.2. The fraction of sp³-hybridized carbons (Fsp3) is 0.364. The second kappa shape index (κ2) is 6.07. The van der Waals surface area contributed by atoms with E-state index in [9.17, 15) is 9.18 Å². The van der Waals surface area contributed by atoms with Crippen LogP contribution in [0.1, 0.15) is 5.56 Å². The molecule has 3 N–H and O–H groups in total. The SMILES string of the molecule is Cc1cc(OCC(=O)NCCN)ccc1F. The molecule has 0 aromatic heterocycles. The first-order valence-electron chi connectivity index (χ1n) is 4.99. The summed E-state index contributed by atoms with van der Waals surface area (Å²) in [6.07, 6.45) is 0. The fourth-order valence-electron chi connectivity index (χ4n) is 1.12. The van der Waals surface area contributed by atoms with Crippen LogP contribution < -0.4 is 15.8 Å². The molecule has 16 heavy (non-hydrogen) atoms. The van der Waals surface area contributed by atoms with E-state index in [4.69, 9.17) is 10.5 Å². The summed E-state index contributed by atoms with van der Waals surface area (Å²) in [6, 6.07) is 4.34. The number of hydrogen-bond acceptors (Lipinski definition) is 3. The van der Waals surface area contributed by atoms with E-state index in [-0.39, 0.29) is 18.3 Å². The quantitative estimate of drug-likeness (QED) is 0.772. The number of ether oxygens (including phenoxy) is 1. The second-order valence-corrected chi connectivity index (χ2v) is 3.34. The Labute approximate surface area is 93.6 Å². The van der Waals surface area contributed by atoms with E-state index in [0.717, 1.165) is 0 Å². The molecule has 0 aliphatic carbocycles. The van der Waals surface area contributed by atoms with Crippen LogP contribution in [0.5, 0.6) is 5.75 Å². The van der Waals surface area contributed by atoms with Crippen LogP contribution in [-0.4, -0.2) is 25.6 Å². The zero-order chi connectivity index (χ0) is 12.0. The number of amides is 1. The van der Waals surface area contributed by atoms with Crippen molar-refractivity contribution in [2.45, 2.75) is 6.92 Å². The summed E-state index contributed by atoms with van der Waals surface area (Å²) < 4.78 is 18.1. The van der Waals surface area contributed by atoms with Gasteiger partial charge in [-0.2, -0.15) is 0 Å². The van der Waals surface area contributed by atoms with E-state index >= 15 is 0 Å². The van der Waals surface area contributed by atoms with Crippen LogP contribution in [0.2, 0.25) is 0 Å². The Morgan fingerprint density at radius 2 is 2.31 bits per heavy atom. The average molecular weight is 226 g/mol. The van der Waals surface area contributed by atoms with Crippen LogP contribution in [0.3, 0.4) is 0 Å². The Hall–Kier alpha value is -1.62. The number of halogens is 1. The minimum absolute atomic E-state index is 0.0922. The summed E-state index contributed by atoms with van der Waals surface area (Å²) in [7, 11) is 0. The van der Waals surface area contributed by atoms with Crippen molar-refractivity contribution in [3.8, 4) is 5.75 Å². The maximum Gasteiger partial charge on any atom is 0.257 e. The van der Waals surface area contributed by atoms with Gasteiger partial charge in [-0.3, -0.25) is 4.79 Å². The molecule has 0 radical (unpaired) electrons. The molecule has 0 fully saturated rings. The average Bonchev–Trinajstić information content (AvgIpc) is 2.28. The van der Waals surface area contributed by atoms with Crippen LogP contribution in [0.4, 0.5) is 4.39 Å². The first kappa shape index (κ1) is 12.4. The lowest BCUT2D eigenvalue weighted by Gasteiger charge is -2.07. The molecule has 0 atom stereocenters.